The number of hydrogen-bond donors (Lipinski definition) is 2. The lowest BCUT2D eigenvalue weighted by Crippen LogP contribution is -2.43. The summed E-state index contributed by atoms with van der Waals surface area (Å²) in [6, 6.07) is 0. The highest BCUT2D eigenvalue weighted by molar-refractivity contribution is 6.99. The largest absolute Gasteiger partial charge is 0.387 e. The molecule has 0 spiro atoms. The van der Waals surface area contributed by atoms with Crippen molar-refractivity contribution < 1.29 is 5.11 Å². The zero-order valence-electron chi connectivity index (χ0n) is 8.99. The molecule has 0 saturated heterocycles. The first kappa shape index (κ1) is 12.6. The van der Waals surface area contributed by atoms with Gasteiger partial charge in [0.25, 0.3) is 0 Å². The number of aliphatic hydroxyl groups is 1. The second-order valence-corrected chi connectivity index (χ2v) is 4.88. The molecule has 15 heavy (non-hydrogen) atoms. The lowest BCUT2D eigenvalue weighted by molar-refractivity contribution is 0.0459. The summed E-state index contributed by atoms with van der Waals surface area (Å²) in [5, 5.41) is 13.3. The molecule has 1 unspecified atom stereocenters. The first-order valence-corrected chi connectivity index (χ1v) is 5.60. The Labute approximate surface area is 98.4 Å². The molecule has 1 heterocycles. The van der Waals surface area contributed by atoms with E-state index in [2.05, 4.69) is 14.1 Å². The van der Waals surface area contributed by atoms with E-state index in [4.69, 9.17) is 11.6 Å². The minimum atomic E-state index is -0.823. The van der Waals surface area contributed by atoms with Gasteiger partial charge in [-0.2, -0.15) is 8.75 Å². The van der Waals surface area contributed by atoms with Crippen molar-refractivity contribution in [2.24, 2.45) is 0 Å². The van der Waals surface area contributed by atoms with Gasteiger partial charge in [-0.05, 0) is 21.0 Å². The van der Waals surface area contributed by atoms with Crippen molar-refractivity contribution in [3.05, 3.63) is 5.15 Å². The molecule has 0 amide bonds. The van der Waals surface area contributed by atoms with Gasteiger partial charge in [0.1, 0.15) is 0 Å². The van der Waals surface area contributed by atoms with Crippen LogP contribution in [0.25, 0.3) is 0 Å². The van der Waals surface area contributed by atoms with Gasteiger partial charge < -0.3 is 15.3 Å². The molecular formula is C8H15ClN4OS. The second kappa shape index (κ2) is 5.07. The van der Waals surface area contributed by atoms with E-state index in [0.29, 0.717) is 24.1 Å². The summed E-state index contributed by atoms with van der Waals surface area (Å²) in [5.74, 6) is 0.528. The van der Waals surface area contributed by atoms with E-state index in [9.17, 15) is 5.11 Å². The topological polar surface area (TPSA) is 61.3 Å². The number of likely N-dealkylation sites (N-methyl/N-ethyl adjacent to an activating group) is 1. The average Bonchev–Trinajstić information content (AvgIpc) is 2.45. The first-order chi connectivity index (χ1) is 6.91. The van der Waals surface area contributed by atoms with Crippen LogP contribution in [0.15, 0.2) is 0 Å². The van der Waals surface area contributed by atoms with Crippen molar-refractivity contribution in [1.82, 2.24) is 13.6 Å². The summed E-state index contributed by atoms with van der Waals surface area (Å²) >= 11 is 6.80. The number of halogens is 1. The molecule has 0 aliphatic carbocycles. The van der Waals surface area contributed by atoms with Gasteiger partial charge in [0, 0.05) is 13.1 Å². The van der Waals surface area contributed by atoms with E-state index in [1.807, 2.05) is 19.0 Å². The summed E-state index contributed by atoms with van der Waals surface area (Å²) in [4.78, 5) is 1.92. The molecule has 86 valence electrons. The molecule has 0 aliphatic heterocycles. The molecular weight excluding hydrogens is 236 g/mol. The van der Waals surface area contributed by atoms with Crippen LogP contribution in [0.5, 0.6) is 0 Å². The standard InChI is InChI=1S/C8H15ClN4OS/c1-8(14,5-13(2)3)4-10-7-6(9)11-15-12-7/h14H,4-5H2,1-3H3,(H,10,12). The minimum Gasteiger partial charge on any atom is -0.387 e. The lowest BCUT2D eigenvalue weighted by Gasteiger charge is -2.26. The molecule has 5 nitrogen and oxygen atoms in total. The van der Waals surface area contributed by atoms with Crippen molar-refractivity contribution >= 4 is 29.1 Å². The van der Waals surface area contributed by atoms with Crippen molar-refractivity contribution in [3.63, 3.8) is 0 Å². The van der Waals surface area contributed by atoms with Crippen LogP contribution in [0.2, 0.25) is 5.15 Å². The van der Waals surface area contributed by atoms with Crippen LogP contribution in [0.3, 0.4) is 0 Å². The summed E-state index contributed by atoms with van der Waals surface area (Å²) in [7, 11) is 3.82. The van der Waals surface area contributed by atoms with Crippen LogP contribution in [0.1, 0.15) is 6.92 Å². The molecule has 1 aromatic rings. The number of hydrogen-bond acceptors (Lipinski definition) is 6. The molecule has 2 N–H and O–H groups in total. The van der Waals surface area contributed by atoms with Crippen LogP contribution in [-0.4, -0.2) is 51.5 Å². The van der Waals surface area contributed by atoms with Gasteiger partial charge in [-0.3, -0.25) is 0 Å². The van der Waals surface area contributed by atoms with Crippen LogP contribution < -0.4 is 5.32 Å². The van der Waals surface area contributed by atoms with E-state index in [-0.39, 0.29) is 0 Å². The number of nitrogens with one attached hydrogen (secondary N) is 1. The molecule has 0 fully saturated rings. The van der Waals surface area contributed by atoms with E-state index in [0.717, 1.165) is 11.7 Å². The Kier molecular flexibility index (Phi) is 4.27. The first-order valence-electron chi connectivity index (χ1n) is 4.50. The number of aromatic nitrogens is 2. The van der Waals surface area contributed by atoms with Gasteiger partial charge in [0.2, 0.25) is 0 Å². The van der Waals surface area contributed by atoms with E-state index in [1.165, 1.54) is 0 Å². The molecule has 0 aliphatic rings. The van der Waals surface area contributed by atoms with E-state index in [1.54, 1.807) is 6.92 Å². The molecule has 0 aromatic carbocycles. The molecule has 1 rings (SSSR count). The number of rotatable bonds is 5. The predicted molar refractivity (Wildman–Crippen MR) is 62.6 cm³/mol. The number of nitrogens with zero attached hydrogens (tertiary/aromatic N) is 3. The van der Waals surface area contributed by atoms with Gasteiger partial charge in [-0.1, -0.05) is 11.6 Å². The third kappa shape index (κ3) is 4.29. The maximum atomic E-state index is 9.98. The highest BCUT2D eigenvalue weighted by Gasteiger charge is 2.21. The van der Waals surface area contributed by atoms with Gasteiger partial charge >= 0.3 is 0 Å². The van der Waals surface area contributed by atoms with Crippen molar-refractivity contribution in [1.29, 1.82) is 0 Å². The molecule has 1 atom stereocenters. The van der Waals surface area contributed by atoms with E-state index < -0.39 is 5.60 Å². The number of anilines is 1. The Bertz CT molecular complexity index is 315. The molecule has 7 heteroatoms. The third-order valence-electron chi connectivity index (χ3n) is 1.74. The van der Waals surface area contributed by atoms with Crippen molar-refractivity contribution in [3.8, 4) is 0 Å². The van der Waals surface area contributed by atoms with Crippen molar-refractivity contribution in [2.45, 2.75) is 12.5 Å². The molecule has 0 radical (unpaired) electrons. The SMILES string of the molecule is CN(C)CC(C)(O)CNc1nsnc1Cl. The molecule has 0 bridgehead atoms. The Balaban J connectivity index is 2.46. The summed E-state index contributed by atoms with van der Waals surface area (Å²) in [5.41, 5.74) is -0.823. The van der Waals surface area contributed by atoms with Crippen LogP contribution in [0, 0.1) is 0 Å². The third-order valence-corrected chi connectivity index (χ3v) is 2.63. The maximum absolute atomic E-state index is 9.98. The Morgan fingerprint density at radius 1 is 1.53 bits per heavy atom. The van der Waals surface area contributed by atoms with Crippen LogP contribution in [0.4, 0.5) is 5.82 Å². The zero-order valence-corrected chi connectivity index (χ0v) is 10.6. The summed E-state index contributed by atoms with van der Waals surface area (Å²) < 4.78 is 7.78. The Hall–Kier alpha value is -0.430. The predicted octanol–water partition coefficient (Wildman–Crippen LogP) is 0.916. The Morgan fingerprint density at radius 2 is 2.20 bits per heavy atom. The highest BCUT2D eigenvalue weighted by Crippen LogP contribution is 2.18. The maximum Gasteiger partial charge on any atom is 0.186 e. The van der Waals surface area contributed by atoms with Gasteiger partial charge in [0.05, 0.1) is 17.3 Å². The summed E-state index contributed by atoms with van der Waals surface area (Å²) in [6.45, 7) is 2.71. The van der Waals surface area contributed by atoms with Crippen LogP contribution in [-0.2, 0) is 0 Å². The fraction of sp³-hybridized carbons (Fsp3) is 0.750. The van der Waals surface area contributed by atoms with Crippen molar-refractivity contribution in [2.75, 3.05) is 32.5 Å². The van der Waals surface area contributed by atoms with Gasteiger partial charge in [-0.25, -0.2) is 0 Å². The minimum absolute atomic E-state index is 0.348. The zero-order chi connectivity index (χ0) is 11.5. The van der Waals surface area contributed by atoms with Gasteiger partial charge in [-0.15, -0.1) is 0 Å². The van der Waals surface area contributed by atoms with Crippen LogP contribution >= 0.6 is 23.3 Å². The normalized spacial score (nSPS) is 15.3. The van der Waals surface area contributed by atoms with E-state index >= 15 is 0 Å². The highest BCUT2D eigenvalue weighted by atomic mass is 35.5. The summed E-state index contributed by atoms with van der Waals surface area (Å²) in [6.07, 6.45) is 0. The quantitative estimate of drug-likeness (QED) is 0.814. The fourth-order valence-corrected chi connectivity index (χ4v) is 1.98. The monoisotopic (exact) mass is 250 g/mol. The molecule has 1 aromatic heterocycles. The second-order valence-electron chi connectivity index (χ2n) is 3.99. The van der Waals surface area contributed by atoms with Gasteiger partial charge in [0.15, 0.2) is 11.0 Å². The smallest absolute Gasteiger partial charge is 0.186 e. The average molecular weight is 251 g/mol. The fourth-order valence-electron chi connectivity index (χ4n) is 1.29. The Morgan fingerprint density at radius 3 is 2.67 bits per heavy atom. The lowest BCUT2D eigenvalue weighted by atomic mass is 10.1. The molecule has 0 saturated carbocycles.